The summed E-state index contributed by atoms with van der Waals surface area (Å²) in [4.78, 5) is 0. The van der Waals surface area contributed by atoms with Gasteiger partial charge < -0.3 is 0 Å². The van der Waals surface area contributed by atoms with Crippen LogP contribution < -0.4 is 0 Å². The van der Waals surface area contributed by atoms with Crippen LogP contribution in [0.5, 0.6) is 0 Å². The monoisotopic (exact) mass is 370 g/mol. The molecule has 0 atom stereocenters. The van der Waals surface area contributed by atoms with Crippen molar-refractivity contribution in [3.05, 3.63) is 130 Å². The van der Waals surface area contributed by atoms with Crippen molar-refractivity contribution in [1.29, 1.82) is 0 Å². The predicted molar refractivity (Wildman–Crippen MR) is 125 cm³/mol. The number of hydrogen-bond donors (Lipinski definition) is 0. The molecule has 0 aromatic heterocycles. The van der Waals surface area contributed by atoms with Gasteiger partial charge in [-0.05, 0) is 50.9 Å². The van der Waals surface area contributed by atoms with E-state index in [1.165, 1.54) is 44.5 Å². The molecule has 0 saturated carbocycles. The normalized spacial score (nSPS) is 12.4. The fraction of sp³-hybridized carbons (Fsp3) is 0.0345. The van der Waals surface area contributed by atoms with E-state index in [0.29, 0.717) is 0 Å². The summed E-state index contributed by atoms with van der Waals surface area (Å²) in [7, 11) is 0. The molecule has 0 heterocycles. The molecule has 0 amide bonds. The molecule has 0 fully saturated rings. The van der Waals surface area contributed by atoms with E-state index in [1.807, 2.05) is 12.1 Å². The van der Waals surface area contributed by atoms with Crippen LogP contribution in [0.15, 0.2) is 97.1 Å². The van der Waals surface area contributed by atoms with Crippen LogP contribution in [0.3, 0.4) is 0 Å². The summed E-state index contributed by atoms with van der Waals surface area (Å²) < 4.78 is 0. The lowest BCUT2D eigenvalue weighted by Crippen LogP contribution is -1.82. The van der Waals surface area contributed by atoms with Crippen molar-refractivity contribution >= 4 is 24.3 Å². The summed E-state index contributed by atoms with van der Waals surface area (Å²) in [5.41, 5.74) is 10.5. The molecule has 0 aliphatic heterocycles. The largest absolute Gasteiger partial charge is 0.0622 e. The molecule has 0 bridgehead atoms. The van der Waals surface area contributed by atoms with E-state index in [2.05, 4.69) is 109 Å². The minimum Gasteiger partial charge on any atom is -0.0622 e. The number of fused-ring (bicyclic) bond motifs is 3. The Hall–Kier alpha value is -3.64. The Morgan fingerprint density at radius 2 is 0.828 bits per heavy atom. The molecule has 1 aliphatic carbocycles. The molecule has 0 spiro atoms. The standard InChI is InChI=1S/C29H22/c1-3-7-22(8-4-1)11-13-24-15-17-28-26(19-24)21-27-20-25(16-18-29(27)28)14-12-23-9-5-2-6-10-23/h1-20H,21H2. The van der Waals surface area contributed by atoms with E-state index < -0.39 is 0 Å². The van der Waals surface area contributed by atoms with Crippen LogP contribution in [-0.4, -0.2) is 0 Å². The SMILES string of the molecule is C(=Cc1ccc2c(c1)Cc1cc(C=Cc3ccccc3)ccc1-2)c1ccccc1. The van der Waals surface area contributed by atoms with Crippen molar-refractivity contribution < 1.29 is 0 Å². The van der Waals surface area contributed by atoms with Crippen LogP contribution >= 0.6 is 0 Å². The molecule has 0 unspecified atom stereocenters. The van der Waals surface area contributed by atoms with E-state index in [1.54, 1.807) is 0 Å². The summed E-state index contributed by atoms with van der Waals surface area (Å²) in [6, 6.07) is 34.5. The minimum atomic E-state index is 1.00. The first-order valence-corrected chi connectivity index (χ1v) is 10.1. The van der Waals surface area contributed by atoms with Crippen molar-refractivity contribution in [2.45, 2.75) is 6.42 Å². The average molecular weight is 370 g/mol. The topological polar surface area (TPSA) is 0 Å². The van der Waals surface area contributed by atoms with Crippen molar-refractivity contribution in [1.82, 2.24) is 0 Å². The van der Waals surface area contributed by atoms with Gasteiger partial charge in [0.2, 0.25) is 0 Å². The molecule has 29 heavy (non-hydrogen) atoms. The molecule has 138 valence electrons. The second-order valence-electron chi connectivity index (χ2n) is 7.50. The van der Waals surface area contributed by atoms with Gasteiger partial charge in [-0.2, -0.15) is 0 Å². The highest BCUT2D eigenvalue weighted by molar-refractivity contribution is 5.81. The minimum absolute atomic E-state index is 1.00. The van der Waals surface area contributed by atoms with Gasteiger partial charge in [0.15, 0.2) is 0 Å². The predicted octanol–water partition coefficient (Wildman–Crippen LogP) is 7.60. The van der Waals surface area contributed by atoms with Gasteiger partial charge in [0.25, 0.3) is 0 Å². The molecule has 0 N–H and O–H groups in total. The highest BCUT2D eigenvalue weighted by Gasteiger charge is 2.18. The van der Waals surface area contributed by atoms with E-state index >= 15 is 0 Å². The van der Waals surface area contributed by atoms with Crippen LogP contribution in [0, 0.1) is 0 Å². The number of benzene rings is 4. The molecule has 0 heteroatoms. The third kappa shape index (κ3) is 3.83. The van der Waals surface area contributed by atoms with E-state index in [9.17, 15) is 0 Å². The third-order valence-corrected chi connectivity index (χ3v) is 5.47. The van der Waals surface area contributed by atoms with E-state index in [0.717, 1.165) is 6.42 Å². The average Bonchev–Trinajstić information content (AvgIpc) is 3.14. The zero-order valence-corrected chi connectivity index (χ0v) is 16.3. The lowest BCUT2D eigenvalue weighted by molar-refractivity contribution is 1.26. The fourth-order valence-electron chi connectivity index (χ4n) is 3.97. The molecule has 0 radical (unpaired) electrons. The van der Waals surface area contributed by atoms with Gasteiger partial charge in [-0.3, -0.25) is 0 Å². The first kappa shape index (κ1) is 17.5. The van der Waals surface area contributed by atoms with Gasteiger partial charge in [-0.25, -0.2) is 0 Å². The van der Waals surface area contributed by atoms with Crippen molar-refractivity contribution in [2.75, 3.05) is 0 Å². The van der Waals surface area contributed by atoms with Crippen LogP contribution in [0.4, 0.5) is 0 Å². The Morgan fingerprint density at radius 1 is 0.414 bits per heavy atom. The summed E-state index contributed by atoms with van der Waals surface area (Å²) in [6.45, 7) is 0. The quantitative estimate of drug-likeness (QED) is 0.286. The smallest absolute Gasteiger partial charge is 0.00130 e. The summed E-state index contributed by atoms with van der Waals surface area (Å²) >= 11 is 0. The zero-order valence-electron chi connectivity index (χ0n) is 16.3. The third-order valence-electron chi connectivity index (χ3n) is 5.47. The molecule has 1 aliphatic rings. The first-order chi connectivity index (χ1) is 14.3. The summed E-state index contributed by atoms with van der Waals surface area (Å²) in [5, 5.41) is 0. The maximum Gasteiger partial charge on any atom is -0.00130 e. The molecule has 0 saturated heterocycles. The Bertz CT molecular complexity index is 1100. The molecule has 0 nitrogen and oxygen atoms in total. The molecular formula is C29H22. The Kier molecular flexibility index (Phi) is 4.68. The maximum atomic E-state index is 2.33. The second-order valence-corrected chi connectivity index (χ2v) is 7.50. The lowest BCUT2D eigenvalue weighted by atomic mass is 10.0. The van der Waals surface area contributed by atoms with Gasteiger partial charge in [-0.15, -0.1) is 0 Å². The summed E-state index contributed by atoms with van der Waals surface area (Å²) in [6.07, 6.45) is 9.76. The van der Waals surface area contributed by atoms with E-state index in [-0.39, 0.29) is 0 Å². The molecular weight excluding hydrogens is 348 g/mol. The Labute approximate surface area is 172 Å². The number of rotatable bonds is 4. The highest BCUT2D eigenvalue weighted by Crippen LogP contribution is 2.38. The van der Waals surface area contributed by atoms with Gasteiger partial charge in [-0.1, -0.05) is 121 Å². The van der Waals surface area contributed by atoms with Gasteiger partial charge in [0.05, 0.1) is 0 Å². The summed E-state index contributed by atoms with van der Waals surface area (Å²) in [5.74, 6) is 0. The Morgan fingerprint density at radius 3 is 1.28 bits per heavy atom. The van der Waals surface area contributed by atoms with E-state index in [4.69, 9.17) is 0 Å². The fourth-order valence-corrected chi connectivity index (χ4v) is 3.97. The zero-order chi connectivity index (χ0) is 19.5. The Balaban J connectivity index is 1.37. The van der Waals surface area contributed by atoms with Crippen molar-refractivity contribution in [3.63, 3.8) is 0 Å². The van der Waals surface area contributed by atoms with Crippen molar-refractivity contribution in [3.8, 4) is 11.1 Å². The first-order valence-electron chi connectivity index (χ1n) is 10.1. The number of hydrogen-bond acceptors (Lipinski definition) is 0. The van der Waals surface area contributed by atoms with Gasteiger partial charge in [0, 0.05) is 0 Å². The van der Waals surface area contributed by atoms with Crippen LogP contribution in [0.25, 0.3) is 35.4 Å². The highest BCUT2D eigenvalue weighted by atomic mass is 14.2. The van der Waals surface area contributed by atoms with Gasteiger partial charge >= 0.3 is 0 Å². The van der Waals surface area contributed by atoms with Crippen LogP contribution in [0.1, 0.15) is 33.4 Å². The van der Waals surface area contributed by atoms with Gasteiger partial charge in [0.1, 0.15) is 0 Å². The van der Waals surface area contributed by atoms with Crippen LogP contribution in [0.2, 0.25) is 0 Å². The lowest BCUT2D eigenvalue weighted by Gasteiger charge is -2.03. The molecule has 4 aromatic carbocycles. The second kappa shape index (κ2) is 7.77. The molecule has 4 aromatic rings. The van der Waals surface area contributed by atoms with Crippen LogP contribution in [-0.2, 0) is 6.42 Å². The molecule has 5 rings (SSSR count). The van der Waals surface area contributed by atoms with Crippen molar-refractivity contribution in [2.24, 2.45) is 0 Å². The maximum absolute atomic E-state index is 2.33.